The van der Waals surface area contributed by atoms with Gasteiger partial charge in [-0.3, -0.25) is 0 Å². The molecule has 0 spiro atoms. The summed E-state index contributed by atoms with van der Waals surface area (Å²) in [5.74, 6) is 0.747. The van der Waals surface area contributed by atoms with E-state index in [9.17, 15) is 0 Å². The van der Waals surface area contributed by atoms with Crippen LogP contribution in [0.5, 0.6) is 5.75 Å². The van der Waals surface area contributed by atoms with Crippen LogP contribution in [-0.2, 0) is 0 Å². The molecule has 0 saturated heterocycles. The van der Waals surface area contributed by atoms with Crippen molar-refractivity contribution < 1.29 is 4.74 Å². The summed E-state index contributed by atoms with van der Waals surface area (Å²) in [5.41, 5.74) is 6.30. The normalized spacial score (nSPS) is 9.00. The zero-order chi connectivity index (χ0) is 8.97. The van der Waals surface area contributed by atoms with E-state index in [2.05, 4.69) is 4.97 Å². The van der Waals surface area contributed by atoms with E-state index in [-0.39, 0.29) is 15.0 Å². The van der Waals surface area contributed by atoms with Crippen molar-refractivity contribution in [3.63, 3.8) is 0 Å². The van der Waals surface area contributed by atoms with Crippen molar-refractivity contribution in [3.8, 4) is 10.7 Å². The number of nitrogens with zero attached hydrogens (tertiary/aromatic N) is 1. The monoisotopic (exact) mass is 228 g/mol. The summed E-state index contributed by atoms with van der Waals surface area (Å²) in [4.78, 5) is 2.10. The molecule has 12 heavy (non-hydrogen) atoms. The van der Waals surface area contributed by atoms with E-state index in [0.29, 0.717) is 5.69 Å². The molecule has 1 aromatic rings. The van der Waals surface area contributed by atoms with Crippen molar-refractivity contribution in [2.45, 2.75) is 0 Å². The molecular formula is C8H8N2OSe. The molecule has 1 aromatic carbocycles. The van der Waals surface area contributed by atoms with Gasteiger partial charge in [0.05, 0.1) is 0 Å². The summed E-state index contributed by atoms with van der Waals surface area (Å²) in [6, 6.07) is 5.35. The molecule has 0 atom stereocenters. The quantitative estimate of drug-likeness (QED) is 0.575. The molecule has 0 aliphatic rings. The van der Waals surface area contributed by atoms with Gasteiger partial charge in [-0.15, -0.1) is 0 Å². The SMILES string of the molecule is COc1ccc(N)c([Se]C#N)c1. The Hall–Kier alpha value is -1.17. The minimum atomic E-state index is -0.210. The molecular weight excluding hydrogens is 219 g/mol. The molecule has 0 unspecified atom stereocenters. The number of nitrogens with two attached hydrogens (primary N) is 1. The van der Waals surface area contributed by atoms with Crippen molar-refractivity contribution in [2.24, 2.45) is 0 Å². The summed E-state index contributed by atoms with van der Waals surface area (Å²) >= 11 is -0.210. The van der Waals surface area contributed by atoms with Gasteiger partial charge in [0.1, 0.15) is 0 Å². The van der Waals surface area contributed by atoms with Crippen LogP contribution >= 0.6 is 0 Å². The van der Waals surface area contributed by atoms with Crippen LogP contribution in [0.2, 0.25) is 0 Å². The van der Waals surface area contributed by atoms with Gasteiger partial charge < -0.3 is 0 Å². The van der Waals surface area contributed by atoms with Crippen LogP contribution in [-0.4, -0.2) is 22.1 Å². The first-order valence-corrected chi connectivity index (χ1v) is 4.98. The third-order valence-corrected chi connectivity index (χ3v) is 2.77. The zero-order valence-corrected chi connectivity index (χ0v) is 8.29. The van der Waals surface area contributed by atoms with Gasteiger partial charge in [0, 0.05) is 0 Å². The zero-order valence-electron chi connectivity index (χ0n) is 6.57. The first-order valence-electron chi connectivity index (χ1n) is 3.27. The van der Waals surface area contributed by atoms with Gasteiger partial charge in [-0.05, 0) is 0 Å². The molecule has 3 nitrogen and oxygen atoms in total. The number of anilines is 1. The van der Waals surface area contributed by atoms with E-state index in [1.54, 1.807) is 25.3 Å². The molecule has 0 radical (unpaired) electrons. The molecule has 0 heterocycles. The maximum atomic E-state index is 8.49. The van der Waals surface area contributed by atoms with Gasteiger partial charge in [-0.2, -0.15) is 0 Å². The number of ether oxygens (including phenoxy) is 1. The molecule has 0 fully saturated rings. The Morgan fingerprint density at radius 1 is 1.58 bits per heavy atom. The standard InChI is InChI=1S/C8H8N2OSe/c1-11-6-2-3-7(10)8(4-6)12-5-9/h2-4H,10H2,1H3. The van der Waals surface area contributed by atoms with Crippen molar-refractivity contribution in [1.29, 1.82) is 5.26 Å². The summed E-state index contributed by atoms with van der Waals surface area (Å²) in [7, 11) is 1.59. The van der Waals surface area contributed by atoms with E-state index < -0.39 is 0 Å². The van der Waals surface area contributed by atoms with E-state index >= 15 is 0 Å². The number of methoxy groups -OCH3 is 1. The first kappa shape index (κ1) is 8.92. The Labute approximate surface area is 77.3 Å². The van der Waals surface area contributed by atoms with Gasteiger partial charge in [0.25, 0.3) is 0 Å². The van der Waals surface area contributed by atoms with Crippen molar-refractivity contribution in [1.82, 2.24) is 0 Å². The fourth-order valence-electron chi connectivity index (χ4n) is 0.779. The molecule has 62 valence electrons. The van der Waals surface area contributed by atoms with E-state index in [1.165, 1.54) is 0 Å². The molecule has 1 rings (SSSR count). The maximum absolute atomic E-state index is 8.49. The second kappa shape index (κ2) is 4.01. The number of hydrogen-bond acceptors (Lipinski definition) is 3. The Bertz CT molecular complexity index is 319. The second-order valence-electron chi connectivity index (χ2n) is 2.10. The van der Waals surface area contributed by atoms with E-state index in [4.69, 9.17) is 15.7 Å². The van der Waals surface area contributed by atoms with Gasteiger partial charge >= 0.3 is 76.9 Å². The van der Waals surface area contributed by atoms with Crippen molar-refractivity contribution >= 4 is 25.1 Å². The van der Waals surface area contributed by atoms with E-state index in [1.807, 2.05) is 0 Å². The number of nitriles is 1. The van der Waals surface area contributed by atoms with Gasteiger partial charge in [0.15, 0.2) is 0 Å². The Balaban J connectivity index is 3.01. The molecule has 0 aromatic heterocycles. The van der Waals surface area contributed by atoms with Crippen LogP contribution in [0.15, 0.2) is 18.2 Å². The van der Waals surface area contributed by atoms with Gasteiger partial charge in [0.2, 0.25) is 0 Å². The Morgan fingerprint density at radius 3 is 2.92 bits per heavy atom. The van der Waals surface area contributed by atoms with Crippen molar-refractivity contribution in [2.75, 3.05) is 12.8 Å². The van der Waals surface area contributed by atoms with Crippen molar-refractivity contribution in [3.05, 3.63) is 18.2 Å². The van der Waals surface area contributed by atoms with Crippen LogP contribution < -0.4 is 14.9 Å². The van der Waals surface area contributed by atoms with Crippen LogP contribution in [0, 0.1) is 10.2 Å². The summed E-state index contributed by atoms with van der Waals surface area (Å²) in [6.45, 7) is 0. The van der Waals surface area contributed by atoms with Crippen LogP contribution in [0.1, 0.15) is 0 Å². The third-order valence-electron chi connectivity index (χ3n) is 1.38. The first-order chi connectivity index (χ1) is 5.77. The predicted octanol–water partition coefficient (Wildman–Crippen LogP) is 0.0880. The van der Waals surface area contributed by atoms with E-state index in [0.717, 1.165) is 10.2 Å². The summed E-state index contributed by atoms with van der Waals surface area (Å²) < 4.78 is 5.88. The molecule has 0 aliphatic heterocycles. The topological polar surface area (TPSA) is 59.0 Å². The number of nitrogen functional groups attached to an aromatic ring is 1. The fraction of sp³-hybridized carbons (Fsp3) is 0.125. The fourth-order valence-corrected chi connectivity index (χ4v) is 1.74. The minimum absolute atomic E-state index is 0.210. The molecule has 0 bridgehead atoms. The molecule has 0 saturated carbocycles. The molecule has 0 amide bonds. The molecule has 0 aliphatic carbocycles. The van der Waals surface area contributed by atoms with Crippen LogP contribution in [0.3, 0.4) is 0 Å². The average molecular weight is 227 g/mol. The molecule has 4 heteroatoms. The number of benzene rings is 1. The number of hydrogen-bond donors (Lipinski definition) is 1. The average Bonchev–Trinajstić information content (AvgIpc) is 2.09. The predicted molar refractivity (Wildman–Crippen MR) is 48.4 cm³/mol. The van der Waals surface area contributed by atoms with Gasteiger partial charge in [-0.25, -0.2) is 0 Å². The second-order valence-corrected chi connectivity index (χ2v) is 3.83. The summed E-state index contributed by atoms with van der Waals surface area (Å²) in [5, 5.41) is 8.49. The number of rotatable bonds is 2. The summed E-state index contributed by atoms with van der Waals surface area (Å²) in [6.07, 6.45) is 0. The van der Waals surface area contributed by atoms with Gasteiger partial charge in [-0.1, -0.05) is 0 Å². The van der Waals surface area contributed by atoms with Crippen LogP contribution in [0.25, 0.3) is 0 Å². The Morgan fingerprint density at radius 2 is 2.33 bits per heavy atom. The third kappa shape index (κ3) is 1.91. The molecule has 2 N–H and O–H groups in total. The van der Waals surface area contributed by atoms with Crippen LogP contribution in [0.4, 0.5) is 5.69 Å². The Kier molecular flexibility index (Phi) is 2.98.